The first-order valence-electron chi connectivity index (χ1n) is 12.4. The number of hydrogen-bond donors (Lipinski definition) is 2. The largest absolute Gasteiger partial charge is 0.543 e. The van der Waals surface area contributed by atoms with Crippen LogP contribution in [-0.4, -0.2) is 39.4 Å². The van der Waals surface area contributed by atoms with E-state index in [4.69, 9.17) is 13.9 Å². The fourth-order valence-corrected chi connectivity index (χ4v) is 5.84. The van der Waals surface area contributed by atoms with Crippen LogP contribution < -0.4 is 13.9 Å². The fourth-order valence-electron chi connectivity index (χ4n) is 4.18. The van der Waals surface area contributed by atoms with Crippen molar-refractivity contribution >= 4 is 27.8 Å². The summed E-state index contributed by atoms with van der Waals surface area (Å²) < 4.78 is 18.7. The lowest BCUT2D eigenvalue weighted by atomic mass is 9.88. The molecule has 1 unspecified atom stereocenters. The predicted molar refractivity (Wildman–Crippen MR) is 147 cm³/mol. The Bertz CT molecular complexity index is 1170. The Kier molecular flexibility index (Phi) is 6.32. The maximum absolute atomic E-state index is 11.0. The molecule has 7 heteroatoms. The minimum absolute atomic E-state index is 0.0864. The number of fused-ring (bicyclic) bond motifs is 4. The van der Waals surface area contributed by atoms with E-state index in [-0.39, 0.29) is 10.1 Å². The van der Waals surface area contributed by atoms with Crippen molar-refractivity contribution < 1.29 is 23.8 Å². The van der Waals surface area contributed by atoms with Crippen LogP contribution in [0.2, 0.25) is 36.3 Å². The van der Waals surface area contributed by atoms with E-state index in [0.717, 1.165) is 45.8 Å². The molecule has 5 nitrogen and oxygen atoms in total. The van der Waals surface area contributed by atoms with E-state index in [1.807, 2.05) is 43.4 Å². The van der Waals surface area contributed by atoms with Gasteiger partial charge in [0.15, 0.2) is 8.32 Å². The van der Waals surface area contributed by atoms with Gasteiger partial charge in [0.2, 0.25) is 14.6 Å². The van der Waals surface area contributed by atoms with Gasteiger partial charge < -0.3 is 23.8 Å². The Morgan fingerprint density at radius 3 is 2.23 bits per heavy atom. The van der Waals surface area contributed by atoms with Crippen molar-refractivity contribution in [3.05, 3.63) is 53.1 Å². The van der Waals surface area contributed by atoms with Crippen LogP contribution in [0.5, 0.6) is 17.2 Å². The molecule has 4 rings (SSSR count). The van der Waals surface area contributed by atoms with Crippen LogP contribution in [-0.2, 0) is 6.42 Å². The zero-order chi connectivity index (χ0) is 26.0. The van der Waals surface area contributed by atoms with Crippen molar-refractivity contribution in [3.63, 3.8) is 0 Å². The zero-order valence-electron chi connectivity index (χ0n) is 22.6. The number of ether oxygens (including phenoxy) is 2. The Morgan fingerprint density at radius 2 is 1.60 bits per heavy atom. The first kappa shape index (κ1) is 26.0. The Hall–Kier alpha value is -2.07. The summed E-state index contributed by atoms with van der Waals surface area (Å²) in [4.78, 5) is 10.7. The van der Waals surface area contributed by atoms with Gasteiger partial charge in [0, 0.05) is 28.3 Å². The van der Waals surface area contributed by atoms with Crippen molar-refractivity contribution in [1.82, 2.24) is 0 Å². The highest BCUT2D eigenvalue weighted by Gasteiger charge is 2.40. The number of aliphatic hydroxyl groups is 1. The van der Waals surface area contributed by atoms with Crippen LogP contribution in [0.1, 0.15) is 51.3 Å². The van der Waals surface area contributed by atoms with E-state index in [0.29, 0.717) is 12.4 Å². The second-order valence-corrected chi connectivity index (χ2v) is 21.8. The highest BCUT2D eigenvalue weighted by atomic mass is 28.4. The average Bonchev–Trinajstić information content (AvgIpc) is 2.70. The van der Waals surface area contributed by atoms with Gasteiger partial charge in [-0.1, -0.05) is 46.8 Å². The molecule has 35 heavy (non-hydrogen) atoms. The minimum atomic E-state index is -2.33. The van der Waals surface area contributed by atoms with Crippen LogP contribution in [0.3, 0.4) is 0 Å². The first-order valence-corrected chi connectivity index (χ1v) is 18.3. The topological polar surface area (TPSA) is 68.2 Å². The maximum Gasteiger partial charge on any atom is 0.250 e. The predicted octanol–water partition coefficient (Wildman–Crippen LogP) is 6.60. The lowest BCUT2D eigenvalue weighted by molar-refractivity contribution is 0.0302. The molecule has 0 saturated heterocycles. The van der Waals surface area contributed by atoms with E-state index >= 15 is 0 Å². The molecule has 0 bridgehead atoms. The van der Waals surface area contributed by atoms with Crippen molar-refractivity contribution in [2.45, 2.75) is 83.6 Å². The van der Waals surface area contributed by atoms with Crippen molar-refractivity contribution in [1.29, 1.82) is 0 Å². The molecule has 2 aromatic rings. The van der Waals surface area contributed by atoms with Gasteiger partial charge >= 0.3 is 0 Å². The van der Waals surface area contributed by atoms with Gasteiger partial charge in [-0.2, -0.15) is 0 Å². The second-order valence-electron chi connectivity index (χ2n) is 12.6. The van der Waals surface area contributed by atoms with E-state index < -0.39 is 22.9 Å². The molecule has 190 valence electrons. The monoisotopic (exact) mass is 512 g/mol. The van der Waals surface area contributed by atoms with E-state index in [1.54, 1.807) is 0 Å². The summed E-state index contributed by atoms with van der Waals surface area (Å²) in [6, 6.07) is 12.0. The van der Waals surface area contributed by atoms with Gasteiger partial charge in [-0.15, -0.1) is 0 Å². The number of benzene rings is 2. The summed E-state index contributed by atoms with van der Waals surface area (Å²) in [7, 11) is -4.32. The van der Waals surface area contributed by atoms with Crippen LogP contribution in [0.4, 0.5) is 0 Å². The minimum Gasteiger partial charge on any atom is -0.543 e. The van der Waals surface area contributed by atoms with Crippen LogP contribution >= 0.6 is 0 Å². The summed E-state index contributed by atoms with van der Waals surface area (Å²) in [6.45, 7) is 19.6. The van der Waals surface area contributed by atoms with Gasteiger partial charge in [0.05, 0.1) is 0 Å². The zero-order valence-corrected chi connectivity index (χ0v) is 24.6. The Balaban J connectivity index is 1.66. The summed E-state index contributed by atoms with van der Waals surface area (Å²) >= 11 is 0. The SMILES string of the molecule is CC(C)(Cc1ccc2c(c1)OCC1=C2C(O)Oc2cc(O[Si](C)(C)C(C)(C)C)ccc21)[Si](C)(C)O. The highest BCUT2D eigenvalue weighted by molar-refractivity contribution is 6.74. The molecule has 2 aliphatic rings. The highest BCUT2D eigenvalue weighted by Crippen LogP contribution is 2.48. The second kappa shape index (κ2) is 8.51. The maximum atomic E-state index is 11.0. The molecule has 2 N–H and O–H groups in total. The Labute approximate surface area is 212 Å². The van der Waals surface area contributed by atoms with Gasteiger partial charge in [-0.25, -0.2) is 0 Å². The van der Waals surface area contributed by atoms with Crippen LogP contribution in [0.25, 0.3) is 11.1 Å². The molecule has 0 amide bonds. The van der Waals surface area contributed by atoms with Crippen molar-refractivity contribution in [3.8, 4) is 17.2 Å². The molecule has 2 aliphatic heterocycles. The summed E-state index contributed by atoms with van der Waals surface area (Å²) in [5, 5.41) is 10.9. The molecule has 2 heterocycles. The molecular formula is C28H40O5Si2. The van der Waals surface area contributed by atoms with Crippen LogP contribution in [0, 0.1) is 0 Å². The lowest BCUT2D eigenvalue weighted by Crippen LogP contribution is -2.43. The number of rotatable bonds is 5. The molecule has 0 aromatic heterocycles. The van der Waals surface area contributed by atoms with Crippen LogP contribution in [0.15, 0.2) is 36.4 Å². The molecule has 0 fully saturated rings. The number of hydrogen-bond acceptors (Lipinski definition) is 5. The molecular weight excluding hydrogens is 472 g/mol. The van der Waals surface area contributed by atoms with Crippen molar-refractivity contribution in [2.24, 2.45) is 0 Å². The summed E-state index contributed by atoms with van der Waals surface area (Å²) in [5.74, 6) is 2.14. The van der Waals surface area contributed by atoms with E-state index in [2.05, 4.69) is 53.8 Å². The third-order valence-electron chi connectivity index (χ3n) is 8.28. The summed E-state index contributed by atoms with van der Waals surface area (Å²) in [5.41, 5.74) is 4.61. The van der Waals surface area contributed by atoms with Gasteiger partial charge in [0.25, 0.3) is 0 Å². The number of aliphatic hydroxyl groups excluding tert-OH is 1. The third kappa shape index (κ3) is 4.83. The Morgan fingerprint density at radius 1 is 0.943 bits per heavy atom. The molecule has 0 saturated carbocycles. The first-order chi connectivity index (χ1) is 16.0. The molecule has 1 atom stereocenters. The quantitative estimate of drug-likeness (QED) is 0.442. The molecule has 0 aliphatic carbocycles. The van der Waals surface area contributed by atoms with E-state index in [1.165, 1.54) is 0 Å². The molecule has 0 radical (unpaired) electrons. The smallest absolute Gasteiger partial charge is 0.250 e. The van der Waals surface area contributed by atoms with E-state index in [9.17, 15) is 9.90 Å². The van der Waals surface area contributed by atoms with Gasteiger partial charge in [-0.3, -0.25) is 0 Å². The fraction of sp³-hybridized carbons (Fsp3) is 0.500. The van der Waals surface area contributed by atoms with Gasteiger partial charge in [-0.05, 0) is 66.4 Å². The standard InChI is InChI=1S/C28H40O5Si2/c1-27(2,3)35(8,9)33-19-11-13-20-22-17-31-23-14-18(16-28(4,5)34(6,7)30)10-12-21(23)25(22)26(29)32-24(20)15-19/h10-15,26,29-30H,16-17H2,1-9H3. The van der Waals surface area contributed by atoms with Gasteiger partial charge in [0.1, 0.15) is 23.9 Å². The average molecular weight is 513 g/mol. The van der Waals surface area contributed by atoms with Crippen molar-refractivity contribution in [2.75, 3.05) is 6.61 Å². The third-order valence-corrected chi connectivity index (χ3v) is 16.1. The lowest BCUT2D eigenvalue weighted by Gasteiger charge is -2.37. The summed E-state index contributed by atoms with van der Waals surface area (Å²) in [6.07, 6.45) is -0.307. The molecule has 2 aromatic carbocycles. The normalized spacial score (nSPS) is 18.2. The molecule has 0 spiro atoms.